The van der Waals surface area contributed by atoms with Crippen LogP contribution in [0.1, 0.15) is 25.5 Å². The van der Waals surface area contributed by atoms with Gasteiger partial charge < -0.3 is 10.4 Å². The smallest absolute Gasteiger partial charge is 0.237 e. The standard InChI is InChI=1S/C16H18N2O2S/c1-11(19)13-7-3-4-8-14(13)18-16(20)12(2)21-15-9-5-6-10-17-15/h3-12,19H,1-2H3,(H,18,20). The third-order valence-electron chi connectivity index (χ3n) is 2.97. The van der Waals surface area contributed by atoms with E-state index in [0.29, 0.717) is 11.3 Å². The van der Waals surface area contributed by atoms with Gasteiger partial charge in [0.1, 0.15) is 0 Å². The summed E-state index contributed by atoms with van der Waals surface area (Å²) < 4.78 is 0. The molecule has 1 heterocycles. The van der Waals surface area contributed by atoms with E-state index in [2.05, 4.69) is 10.3 Å². The molecule has 1 amide bonds. The molecule has 0 bridgehead atoms. The Morgan fingerprint density at radius 1 is 1.19 bits per heavy atom. The molecule has 0 saturated heterocycles. The van der Waals surface area contributed by atoms with Crippen molar-refractivity contribution < 1.29 is 9.90 Å². The predicted octanol–water partition coefficient (Wildman–Crippen LogP) is 3.25. The fraction of sp³-hybridized carbons (Fsp3) is 0.250. The lowest BCUT2D eigenvalue weighted by molar-refractivity contribution is -0.115. The molecule has 110 valence electrons. The summed E-state index contributed by atoms with van der Waals surface area (Å²) in [6, 6.07) is 12.9. The molecule has 0 radical (unpaired) electrons. The van der Waals surface area contributed by atoms with Gasteiger partial charge in [-0.05, 0) is 32.0 Å². The maximum atomic E-state index is 12.3. The van der Waals surface area contributed by atoms with Crippen LogP contribution in [0.5, 0.6) is 0 Å². The number of nitrogens with one attached hydrogen (secondary N) is 1. The van der Waals surface area contributed by atoms with Gasteiger partial charge in [-0.15, -0.1) is 0 Å². The number of aromatic nitrogens is 1. The van der Waals surface area contributed by atoms with Crippen LogP contribution in [0.25, 0.3) is 0 Å². The van der Waals surface area contributed by atoms with E-state index in [-0.39, 0.29) is 11.2 Å². The number of benzene rings is 1. The molecule has 2 aromatic rings. The fourth-order valence-electron chi connectivity index (χ4n) is 1.86. The van der Waals surface area contributed by atoms with Crippen LogP contribution in [0.4, 0.5) is 5.69 Å². The summed E-state index contributed by atoms with van der Waals surface area (Å²) in [7, 11) is 0. The summed E-state index contributed by atoms with van der Waals surface area (Å²) in [5, 5.41) is 13.1. The quantitative estimate of drug-likeness (QED) is 0.832. The minimum Gasteiger partial charge on any atom is -0.389 e. The Bertz CT molecular complexity index is 602. The first-order chi connectivity index (χ1) is 10.1. The number of anilines is 1. The summed E-state index contributed by atoms with van der Waals surface area (Å²) in [6.07, 6.45) is 1.08. The minimum absolute atomic E-state index is 0.112. The molecule has 1 aromatic heterocycles. The first-order valence-corrected chi connectivity index (χ1v) is 7.61. The number of carbonyl (C=O) groups excluding carboxylic acids is 1. The summed E-state index contributed by atoms with van der Waals surface area (Å²) >= 11 is 1.40. The molecule has 0 aliphatic heterocycles. The number of aliphatic hydroxyl groups excluding tert-OH is 1. The van der Waals surface area contributed by atoms with Gasteiger partial charge in [-0.2, -0.15) is 0 Å². The minimum atomic E-state index is -0.625. The molecule has 5 heteroatoms. The highest BCUT2D eigenvalue weighted by Gasteiger charge is 2.17. The van der Waals surface area contributed by atoms with Crippen molar-refractivity contribution in [3.05, 3.63) is 54.2 Å². The van der Waals surface area contributed by atoms with Crippen LogP contribution < -0.4 is 5.32 Å². The highest BCUT2D eigenvalue weighted by molar-refractivity contribution is 8.00. The van der Waals surface area contributed by atoms with Crippen LogP contribution in [0.2, 0.25) is 0 Å². The van der Waals surface area contributed by atoms with E-state index in [1.165, 1.54) is 11.8 Å². The first kappa shape index (κ1) is 15.5. The third kappa shape index (κ3) is 4.31. The molecule has 0 saturated carbocycles. The van der Waals surface area contributed by atoms with Gasteiger partial charge in [0, 0.05) is 17.4 Å². The van der Waals surface area contributed by atoms with Crippen LogP contribution in [0, 0.1) is 0 Å². The normalized spacial score (nSPS) is 13.5. The van der Waals surface area contributed by atoms with E-state index in [4.69, 9.17) is 0 Å². The van der Waals surface area contributed by atoms with Gasteiger partial charge in [-0.1, -0.05) is 36.0 Å². The maximum Gasteiger partial charge on any atom is 0.237 e. The molecule has 2 atom stereocenters. The topological polar surface area (TPSA) is 62.2 Å². The highest BCUT2D eigenvalue weighted by Crippen LogP contribution is 2.25. The largest absolute Gasteiger partial charge is 0.389 e. The molecule has 2 rings (SSSR count). The second kappa shape index (κ2) is 7.24. The van der Waals surface area contributed by atoms with Crippen molar-refractivity contribution in [3.8, 4) is 0 Å². The van der Waals surface area contributed by atoms with Crippen molar-refractivity contribution in [2.75, 3.05) is 5.32 Å². The van der Waals surface area contributed by atoms with Crippen molar-refractivity contribution in [2.45, 2.75) is 30.2 Å². The second-order valence-corrected chi connectivity index (χ2v) is 6.04. The number of hydrogen-bond donors (Lipinski definition) is 2. The predicted molar refractivity (Wildman–Crippen MR) is 85.3 cm³/mol. The summed E-state index contributed by atoms with van der Waals surface area (Å²) in [5.41, 5.74) is 1.35. The lowest BCUT2D eigenvalue weighted by Crippen LogP contribution is -2.23. The monoisotopic (exact) mass is 302 g/mol. The van der Waals surface area contributed by atoms with E-state index in [9.17, 15) is 9.90 Å². The number of hydrogen-bond acceptors (Lipinski definition) is 4. The van der Waals surface area contributed by atoms with Gasteiger partial charge >= 0.3 is 0 Å². The van der Waals surface area contributed by atoms with Gasteiger partial charge in [-0.3, -0.25) is 4.79 Å². The van der Waals surface area contributed by atoms with E-state index in [0.717, 1.165) is 5.03 Å². The number of rotatable bonds is 5. The molecule has 0 spiro atoms. The molecule has 2 N–H and O–H groups in total. The van der Waals surface area contributed by atoms with E-state index in [1.807, 2.05) is 37.3 Å². The average Bonchev–Trinajstić information content (AvgIpc) is 2.48. The first-order valence-electron chi connectivity index (χ1n) is 6.73. The zero-order valence-corrected chi connectivity index (χ0v) is 12.8. The van der Waals surface area contributed by atoms with Crippen molar-refractivity contribution >= 4 is 23.4 Å². The number of pyridine rings is 1. The molecular formula is C16H18N2O2S. The number of carbonyl (C=O) groups is 1. The van der Waals surface area contributed by atoms with Crippen molar-refractivity contribution in [2.24, 2.45) is 0 Å². The number of aliphatic hydroxyl groups is 1. The zero-order valence-electron chi connectivity index (χ0n) is 12.0. The van der Waals surface area contributed by atoms with Crippen LogP contribution >= 0.6 is 11.8 Å². The Labute approximate surface area is 128 Å². The molecule has 2 unspecified atom stereocenters. The summed E-state index contributed by atoms with van der Waals surface area (Å²) in [5.74, 6) is -0.112. The van der Waals surface area contributed by atoms with Crippen LogP contribution in [-0.4, -0.2) is 21.2 Å². The zero-order chi connectivity index (χ0) is 15.2. The molecule has 0 aliphatic carbocycles. The Hall–Kier alpha value is -1.85. The lowest BCUT2D eigenvalue weighted by Gasteiger charge is -2.15. The average molecular weight is 302 g/mol. The van der Waals surface area contributed by atoms with Crippen molar-refractivity contribution in [3.63, 3.8) is 0 Å². The van der Waals surface area contributed by atoms with Gasteiger partial charge in [-0.25, -0.2) is 4.98 Å². The number of amides is 1. The highest BCUT2D eigenvalue weighted by atomic mass is 32.2. The van der Waals surface area contributed by atoms with Gasteiger partial charge in [0.25, 0.3) is 0 Å². The van der Waals surface area contributed by atoms with E-state index in [1.54, 1.807) is 25.3 Å². The number of thioether (sulfide) groups is 1. The van der Waals surface area contributed by atoms with Crippen LogP contribution in [-0.2, 0) is 4.79 Å². The molecule has 21 heavy (non-hydrogen) atoms. The molecule has 0 aliphatic rings. The Morgan fingerprint density at radius 2 is 1.90 bits per heavy atom. The van der Waals surface area contributed by atoms with Crippen LogP contribution in [0.15, 0.2) is 53.7 Å². The number of nitrogens with zero attached hydrogens (tertiary/aromatic N) is 1. The summed E-state index contributed by atoms with van der Waals surface area (Å²) in [4.78, 5) is 16.4. The van der Waals surface area contributed by atoms with Gasteiger partial charge in [0.15, 0.2) is 0 Å². The lowest BCUT2D eigenvalue weighted by atomic mass is 10.1. The van der Waals surface area contributed by atoms with Gasteiger partial charge in [0.05, 0.1) is 16.4 Å². The molecule has 0 fully saturated rings. The molecular weight excluding hydrogens is 284 g/mol. The van der Waals surface area contributed by atoms with Gasteiger partial charge in [0.2, 0.25) is 5.91 Å². The molecule has 1 aromatic carbocycles. The number of para-hydroxylation sites is 1. The summed E-state index contributed by atoms with van der Waals surface area (Å²) in [6.45, 7) is 3.51. The van der Waals surface area contributed by atoms with E-state index < -0.39 is 6.10 Å². The maximum absolute atomic E-state index is 12.3. The second-order valence-electron chi connectivity index (χ2n) is 4.68. The Morgan fingerprint density at radius 3 is 2.57 bits per heavy atom. The van der Waals surface area contributed by atoms with E-state index >= 15 is 0 Å². The fourth-order valence-corrected chi connectivity index (χ4v) is 2.67. The molecule has 4 nitrogen and oxygen atoms in total. The Balaban J connectivity index is 2.04. The SMILES string of the molecule is CC(Sc1ccccn1)C(=O)Nc1ccccc1C(C)O. The third-order valence-corrected chi connectivity index (χ3v) is 4.02. The van der Waals surface area contributed by atoms with Crippen molar-refractivity contribution in [1.82, 2.24) is 4.98 Å². The Kier molecular flexibility index (Phi) is 5.36. The van der Waals surface area contributed by atoms with Crippen LogP contribution in [0.3, 0.4) is 0 Å². The van der Waals surface area contributed by atoms with Crippen molar-refractivity contribution in [1.29, 1.82) is 0 Å².